The molecular weight excluding hydrogens is 452 g/mol. The second-order valence-corrected chi connectivity index (χ2v) is 9.58. The van der Waals surface area contributed by atoms with E-state index < -0.39 is 20.9 Å². The molecule has 2 aromatic carbocycles. The minimum Gasteiger partial charge on any atom is -0.373 e. The molecule has 7 nitrogen and oxygen atoms in total. The molecule has 1 aliphatic rings. The predicted octanol–water partition coefficient (Wildman–Crippen LogP) is 4.11. The molecule has 8 heteroatoms. The maximum Gasteiger partial charge on any atom is 0.266 e. The van der Waals surface area contributed by atoms with Crippen molar-refractivity contribution in [2.45, 2.75) is 18.4 Å². The summed E-state index contributed by atoms with van der Waals surface area (Å²) in [5, 5.41) is 10.8. The van der Waals surface area contributed by atoms with Crippen molar-refractivity contribution in [2.75, 3.05) is 19.7 Å². The van der Waals surface area contributed by atoms with Crippen molar-refractivity contribution in [3.63, 3.8) is 0 Å². The van der Waals surface area contributed by atoms with Crippen molar-refractivity contribution >= 4 is 10.0 Å². The number of nitrogens with zero attached hydrogens (tertiary/aromatic N) is 2. The van der Waals surface area contributed by atoms with Crippen molar-refractivity contribution in [3.05, 3.63) is 112 Å². The summed E-state index contributed by atoms with van der Waals surface area (Å²) >= 11 is 0. The molecule has 0 aromatic heterocycles. The Morgan fingerprint density at radius 1 is 1.12 bits per heavy atom. The summed E-state index contributed by atoms with van der Waals surface area (Å²) in [4.78, 5) is 10.6. The fraction of sp³-hybridized carbons (Fsp3) is 0.231. The van der Waals surface area contributed by atoms with Crippen LogP contribution in [0.25, 0.3) is 0 Å². The molecule has 0 fully saturated rings. The molecule has 3 rings (SSSR count). The highest BCUT2D eigenvalue weighted by Gasteiger charge is 2.23. The zero-order valence-electron chi connectivity index (χ0n) is 18.8. The van der Waals surface area contributed by atoms with Crippen LogP contribution in [0.3, 0.4) is 0 Å². The zero-order valence-corrected chi connectivity index (χ0v) is 19.6. The Bertz CT molecular complexity index is 1240. The van der Waals surface area contributed by atoms with Crippen molar-refractivity contribution in [1.82, 2.24) is 4.31 Å². The van der Waals surface area contributed by atoms with Gasteiger partial charge in [0.05, 0.1) is 35.5 Å². The summed E-state index contributed by atoms with van der Waals surface area (Å²) < 4.78 is 33.3. The molecule has 0 N–H and O–H groups in total. The summed E-state index contributed by atoms with van der Waals surface area (Å²) in [5.74, 6) is 5.34. The number of benzene rings is 2. The lowest BCUT2D eigenvalue weighted by molar-refractivity contribution is -0.418. The van der Waals surface area contributed by atoms with Crippen LogP contribution in [0.1, 0.15) is 11.1 Å². The first kappa shape index (κ1) is 25.1. The van der Waals surface area contributed by atoms with Gasteiger partial charge in [-0.2, -0.15) is 4.31 Å². The standard InChI is InChI=1S/C26H26N2O5S/c1-22-11-15-26(16-12-22)34(31,32)27(18-7-10-23-13-14-25(20-23)28(29)30)17-5-6-19-33-21-24-8-3-2-4-9-24/h2-6,8-9,11-16,20,23H,17-19,21H2,1H3/b6-5+. The predicted molar refractivity (Wildman–Crippen MR) is 131 cm³/mol. The van der Waals surface area contributed by atoms with Gasteiger partial charge in [0.15, 0.2) is 0 Å². The molecule has 0 spiro atoms. The molecule has 0 bridgehead atoms. The molecule has 176 valence electrons. The molecule has 1 aliphatic carbocycles. The first-order valence-corrected chi connectivity index (χ1v) is 12.2. The Morgan fingerprint density at radius 2 is 1.85 bits per heavy atom. The maximum absolute atomic E-state index is 13.2. The Kier molecular flexibility index (Phi) is 8.93. The van der Waals surface area contributed by atoms with E-state index >= 15 is 0 Å². The largest absolute Gasteiger partial charge is 0.373 e. The van der Waals surface area contributed by atoms with Gasteiger partial charge in [0.2, 0.25) is 10.0 Å². The third-order valence-corrected chi connectivity index (χ3v) is 6.85. The van der Waals surface area contributed by atoms with E-state index in [1.54, 1.807) is 42.5 Å². The highest BCUT2D eigenvalue weighted by atomic mass is 32.2. The number of aryl methyl sites for hydroxylation is 1. The van der Waals surface area contributed by atoms with E-state index in [4.69, 9.17) is 4.74 Å². The normalized spacial score (nSPS) is 15.4. The number of ether oxygens (including phenoxy) is 1. The molecule has 0 heterocycles. The number of nitro groups is 1. The Balaban J connectivity index is 1.65. The van der Waals surface area contributed by atoms with Gasteiger partial charge >= 0.3 is 0 Å². The average molecular weight is 479 g/mol. The molecule has 0 radical (unpaired) electrons. The molecule has 2 aromatic rings. The van der Waals surface area contributed by atoms with Crippen LogP contribution in [0.15, 0.2) is 95.6 Å². The number of hydrogen-bond acceptors (Lipinski definition) is 5. The average Bonchev–Trinajstić information content (AvgIpc) is 3.30. The van der Waals surface area contributed by atoms with E-state index in [1.165, 1.54) is 16.5 Å². The molecule has 1 unspecified atom stereocenters. The van der Waals surface area contributed by atoms with Crippen LogP contribution in [0.2, 0.25) is 0 Å². The first-order chi connectivity index (χ1) is 16.4. The lowest BCUT2D eigenvalue weighted by Gasteiger charge is -2.18. The van der Waals surface area contributed by atoms with Crippen molar-refractivity contribution in [2.24, 2.45) is 5.92 Å². The molecule has 1 atom stereocenters. The number of allylic oxidation sites excluding steroid dienone is 3. The van der Waals surface area contributed by atoms with Gasteiger partial charge in [-0.1, -0.05) is 78.1 Å². The van der Waals surface area contributed by atoms with Gasteiger partial charge in [0.1, 0.15) is 0 Å². The van der Waals surface area contributed by atoms with Crippen LogP contribution in [0.4, 0.5) is 0 Å². The summed E-state index contributed by atoms with van der Waals surface area (Å²) in [6, 6.07) is 16.4. The van der Waals surface area contributed by atoms with Gasteiger partial charge in [-0.15, -0.1) is 0 Å². The lowest BCUT2D eigenvalue weighted by atomic mass is 10.2. The zero-order chi connectivity index (χ0) is 24.4. The van der Waals surface area contributed by atoms with Gasteiger partial charge in [-0.05, 0) is 24.6 Å². The minimum atomic E-state index is -3.78. The van der Waals surface area contributed by atoms with Crippen LogP contribution in [0.5, 0.6) is 0 Å². The van der Waals surface area contributed by atoms with Gasteiger partial charge < -0.3 is 4.74 Å². The third kappa shape index (κ3) is 7.25. The maximum atomic E-state index is 13.2. The van der Waals surface area contributed by atoms with E-state index in [0.29, 0.717) is 13.2 Å². The molecule has 34 heavy (non-hydrogen) atoms. The quantitative estimate of drug-likeness (QED) is 0.169. The summed E-state index contributed by atoms with van der Waals surface area (Å²) in [6.07, 6.45) is 7.97. The summed E-state index contributed by atoms with van der Waals surface area (Å²) in [7, 11) is -3.78. The minimum absolute atomic E-state index is 0.0122. The van der Waals surface area contributed by atoms with E-state index in [2.05, 4.69) is 11.8 Å². The van der Waals surface area contributed by atoms with Crippen LogP contribution < -0.4 is 0 Å². The Morgan fingerprint density at radius 3 is 2.53 bits per heavy atom. The van der Waals surface area contributed by atoms with Gasteiger partial charge in [-0.25, -0.2) is 8.42 Å². The molecule has 0 aliphatic heterocycles. The highest BCUT2D eigenvalue weighted by Crippen LogP contribution is 2.17. The Hall–Kier alpha value is -3.51. The monoisotopic (exact) mass is 478 g/mol. The second-order valence-electron chi connectivity index (χ2n) is 7.64. The molecule has 0 amide bonds. The van der Waals surface area contributed by atoms with Crippen LogP contribution in [0, 0.1) is 34.8 Å². The summed E-state index contributed by atoms with van der Waals surface area (Å²) in [5.41, 5.74) is 2.01. The van der Waals surface area contributed by atoms with Crippen molar-refractivity contribution < 1.29 is 18.1 Å². The Labute approximate surface area is 200 Å². The van der Waals surface area contributed by atoms with Crippen LogP contribution in [-0.2, 0) is 21.4 Å². The fourth-order valence-corrected chi connectivity index (χ4v) is 4.44. The number of rotatable bonds is 10. The number of sulfonamides is 1. The SMILES string of the molecule is Cc1ccc(S(=O)(=O)N(CC#CC2C=CC([N+](=O)[O-])=C2)C/C=C/COCc2ccccc2)cc1. The van der Waals surface area contributed by atoms with Crippen molar-refractivity contribution in [3.8, 4) is 11.8 Å². The highest BCUT2D eigenvalue weighted by molar-refractivity contribution is 7.89. The van der Waals surface area contributed by atoms with E-state index in [0.717, 1.165) is 11.1 Å². The van der Waals surface area contributed by atoms with Crippen LogP contribution >= 0.6 is 0 Å². The van der Waals surface area contributed by atoms with Crippen LogP contribution in [-0.4, -0.2) is 37.3 Å². The molecule has 0 saturated carbocycles. The molecule has 0 saturated heterocycles. The second kappa shape index (κ2) is 12.1. The van der Waals surface area contributed by atoms with E-state index in [-0.39, 0.29) is 23.7 Å². The van der Waals surface area contributed by atoms with E-state index in [9.17, 15) is 18.5 Å². The third-order valence-electron chi connectivity index (χ3n) is 5.02. The number of hydrogen-bond donors (Lipinski definition) is 0. The topological polar surface area (TPSA) is 89.8 Å². The smallest absolute Gasteiger partial charge is 0.266 e. The fourth-order valence-electron chi connectivity index (χ4n) is 3.15. The first-order valence-electron chi connectivity index (χ1n) is 10.7. The van der Waals surface area contributed by atoms with Crippen molar-refractivity contribution in [1.29, 1.82) is 0 Å². The van der Waals surface area contributed by atoms with Gasteiger partial charge in [0, 0.05) is 18.7 Å². The van der Waals surface area contributed by atoms with E-state index in [1.807, 2.05) is 37.3 Å². The van der Waals surface area contributed by atoms with Gasteiger partial charge in [-0.3, -0.25) is 10.1 Å². The van der Waals surface area contributed by atoms with Gasteiger partial charge in [0.25, 0.3) is 5.70 Å². The lowest BCUT2D eigenvalue weighted by Crippen LogP contribution is -2.31. The molecular formula is C26H26N2O5S. The summed E-state index contributed by atoms with van der Waals surface area (Å²) in [6.45, 7) is 2.78.